The molecule has 3 aliphatic heterocycles. The Balaban J connectivity index is 1.47. The van der Waals surface area contributed by atoms with Crippen molar-refractivity contribution in [2.24, 2.45) is 0 Å². The summed E-state index contributed by atoms with van der Waals surface area (Å²) in [6.45, 7) is 0.804. The second-order valence-corrected chi connectivity index (χ2v) is 9.07. The van der Waals surface area contributed by atoms with E-state index in [-0.39, 0.29) is 29.0 Å². The number of fused-ring (bicyclic) bond motifs is 3. The van der Waals surface area contributed by atoms with Gasteiger partial charge in [0.1, 0.15) is 36.3 Å². The second-order valence-electron chi connectivity index (χ2n) is 9.07. The van der Waals surface area contributed by atoms with Gasteiger partial charge in [0.15, 0.2) is 29.9 Å². The summed E-state index contributed by atoms with van der Waals surface area (Å²) >= 11 is 0. The Morgan fingerprint density at radius 2 is 2.03 bits per heavy atom. The molecule has 6 N–H and O–H groups in total. The maximum Gasteiger partial charge on any atom is 0.337 e. The van der Waals surface area contributed by atoms with E-state index in [1.807, 2.05) is 0 Å². The normalized spacial score (nSPS) is 36.9. The summed E-state index contributed by atoms with van der Waals surface area (Å²) in [6.07, 6.45) is -7.60. The maximum atomic E-state index is 12.6. The van der Waals surface area contributed by atoms with Crippen molar-refractivity contribution in [1.82, 2.24) is 19.5 Å². The smallest absolute Gasteiger partial charge is 0.337 e. The number of carbonyl (C=O) groups excluding carboxylic acids is 2. The lowest BCUT2D eigenvalue weighted by Gasteiger charge is -2.52. The zero-order valence-electron chi connectivity index (χ0n) is 20.3. The third-order valence-corrected chi connectivity index (χ3v) is 6.99. The molecule has 206 valence electrons. The number of anilines is 1. The fraction of sp³-hybridized carbons (Fsp3) is 0.591. The third kappa shape index (κ3) is 4.01. The SMILES string of the molecule is C/C=C(\CO)C(=O)O[C@H]1[C@H](O)[C@@H](C(=O)OC)O[C@H]2C[C@@H]3O[C@@H](n4cnc5c(N)ncnc54)[C@H](O)[C@H]3O[C@@]21O. The number of nitrogens with zero attached hydrogens (tertiary/aromatic N) is 4. The van der Waals surface area contributed by atoms with Crippen molar-refractivity contribution in [1.29, 1.82) is 0 Å². The number of nitrogen functional groups attached to an aromatic ring is 1. The van der Waals surface area contributed by atoms with Crippen molar-refractivity contribution in [2.75, 3.05) is 19.5 Å². The van der Waals surface area contributed by atoms with Crippen molar-refractivity contribution < 1.29 is 53.7 Å². The number of imidazole rings is 1. The molecular weight excluding hydrogens is 510 g/mol. The van der Waals surface area contributed by atoms with Crippen LogP contribution in [0.1, 0.15) is 19.6 Å². The summed E-state index contributed by atoms with van der Waals surface area (Å²) in [6, 6.07) is 0. The topological polar surface area (TPSA) is 231 Å². The molecule has 9 atom stereocenters. The molecule has 0 bridgehead atoms. The molecule has 38 heavy (non-hydrogen) atoms. The van der Waals surface area contributed by atoms with E-state index in [4.69, 9.17) is 29.4 Å². The van der Waals surface area contributed by atoms with Crippen LogP contribution in [-0.4, -0.2) is 114 Å². The zero-order chi connectivity index (χ0) is 27.4. The third-order valence-electron chi connectivity index (χ3n) is 6.99. The molecule has 5 heterocycles. The Morgan fingerprint density at radius 3 is 2.71 bits per heavy atom. The minimum absolute atomic E-state index is 0.125. The Bertz CT molecular complexity index is 1270. The van der Waals surface area contributed by atoms with Crippen LogP contribution in [0.15, 0.2) is 24.3 Å². The molecule has 0 aliphatic carbocycles. The number of ether oxygens (including phenoxy) is 5. The fourth-order valence-corrected chi connectivity index (χ4v) is 5.01. The molecule has 0 spiro atoms. The Morgan fingerprint density at radius 1 is 1.26 bits per heavy atom. The van der Waals surface area contributed by atoms with Gasteiger partial charge in [0.25, 0.3) is 0 Å². The highest BCUT2D eigenvalue weighted by molar-refractivity contribution is 5.89. The summed E-state index contributed by atoms with van der Waals surface area (Å²) in [5, 5.41) is 43.1. The number of aliphatic hydroxyl groups excluding tert-OH is 3. The van der Waals surface area contributed by atoms with Crippen LogP contribution in [-0.2, 0) is 33.3 Å². The van der Waals surface area contributed by atoms with E-state index in [1.165, 1.54) is 30.2 Å². The Labute approximate surface area is 214 Å². The van der Waals surface area contributed by atoms with Gasteiger partial charge in [0, 0.05) is 6.42 Å². The van der Waals surface area contributed by atoms with Gasteiger partial charge in [-0.25, -0.2) is 24.5 Å². The number of aliphatic hydroxyl groups is 4. The first kappa shape index (κ1) is 26.4. The van der Waals surface area contributed by atoms with Gasteiger partial charge in [-0.3, -0.25) is 4.57 Å². The molecule has 0 amide bonds. The number of esters is 2. The van der Waals surface area contributed by atoms with Gasteiger partial charge in [0.05, 0.1) is 31.7 Å². The Kier molecular flexibility index (Phi) is 6.80. The van der Waals surface area contributed by atoms with Crippen molar-refractivity contribution >= 4 is 28.9 Å². The van der Waals surface area contributed by atoms with Crippen LogP contribution in [0.5, 0.6) is 0 Å². The highest BCUT2D eigenvalue weighted by Crippen LogP contribution is 2.47. The molecule has 16 heteroatoms. The quantitative estimate of drug-likeness (QED) is 0.193. The average molecular weight is 537 g/mol. The van der Waals surface area contributed by atoms with Crippen LogP contribution < -0.4 is 5.73 Å². The molecule has 3 fully saturated rings. The van der Waals surface area contributed by atoms with Crippen molar-refractivity contribution in [2.45, 2.75) is 68.1 Å². The molecule has 3 saturated heterocycles. The average Bonchev–Trinajstić information content (AvgIpc) is 3.46. The number of aromatic nitrogens is 4. The minimum Gasteiger partial charge on any atom is -0.467 e. The lowest BCUT2D eigenvalue weighted by atomic mass is 9.84. The first-order valence-corrected chi connectivity index (χ1v) is 11.7. The summed E-state index contributed by atoms with van der Waals surface area (Å²) in [7, 11) is 1.07. The van der Waals surface area contributed by atoms with E-state index in [1.54, 1.807) is 0 Å². The molecular formula is C22H27N5O11. The van der Waals surface area contributed by atoms with E-state index >= 15 is 0 Å². The molecule has 0 saturated carbocycles. The van der Waals surface area contributed by atoms with Crippen molar-refractivity contribution in [3.05, 3.63) is 24.3 Å². The van der Waals surface area contributed by atoms with E-state index in [0.29, 0.717) is 0 Å². The maximum absolute atomic E-state index is 12.6. The van der Waals surface area contributed by atoms with Gasteiger partial charge in [-0.1, -0.05) is 6.08 Å². The summed E-state index contributed by atoms with van der Waals surface area (Å²) in [5.41, 5.74) is 6.25. The predicted molar refractivity (Wildman–Crippen MR) is 121 cm³/mol. The molecule has 2 aromatic rings. The van der Waals surface area contributed by atoms with Crippen LogP contribution in [0.4, 0.5) is 5.82 Å². The monoisotopic (exact) mass is 537 g/mol. The van der Waals surface area contributed by atoms with E-state index in [9.17, 15) is 30.0 Å². The number of hydrogen-bond acceptors (Lipinski definition) is 15. The molecule has 5 rings (SSSR count). The van der Waals surface area contributed by atoms with Crippen LogP contribution >= 0.6 is 0 Å². The molecule has 16 nitrogen and oxygen atoms in total. The number of rotatable bonds is 5. The van der Waals surface area contributed by atoms with E-state index < -0.39 is 73.3 Å². The number of allylic oxidation sites excluding steroid dienone is 1. The van der Waals surface area contributed by atoms with Gasteiger partial charge in [0.2, 0.25) is 5.79 Å². The van der Waals surface area contributed by atoms with Gasteiger partial charge < -0.3 is 49.8 Å². The van der Waals surface area contributed by atoms with Crippen LogP contribution in [0.25, 0.3) is 11.2 Å². The first-order valence-electron chi connectivity index (χ1n) is 11.7. The van der Waals surface area contributed by atoms with Crippen LogP contribution in [0.3, 0.4) is 0 Å². The number of nitrogens with two attached hydrogens (primary N) is 1. The van der Waals surface area contributed by atoms with Gasteiger partial charge >= 0.3 is 11.9 Å². The molecule has 3 aliphatic rings. The van der Waals surface area contributed by atoms with Gasteiger partial charge in [-0.15, -0.1) is 0 Å². The fourth-order valence-electron chi connectivity index (χ4n) is 5.01. The van der Waals surface area contributed by atoms with Gasteiger partial charge in [-0.05, 0) is 6.92 Å². The molecule has 2 aromatic heterocycles. The van der Waals surface area contributed by atoms with Crippen molar-refractivity contribution in [3.63, 3.8) is 0 Å². The van der Waals surface area contributed by atoms with E-state index in [0.717, 1.165) is 7.11 Å². The van der Waals surface area contributed by atoms with Crippen LogP contribution in [0, 0.1) is 0 Å². The lowest BCUT2D eigenvalue weighted by Crippen LogP contribution is -2.73. The largest absolute Gasteiger partial charge is 0.467 e. The summed E-state index contributed by atoms with van der Waals surface area (Å²) < 4.78 is 29.0. The summed E-state index contributed by atoms with van der Waals surface area (Å²) in [5.74, 6) is -4.44. The number of hydrogen-bond donors (Lipinski definition) is 5. The van der Waals surface area contributed by atoms with Crippen molar-refractivity contribution in [3.8, 4) is 0 Å². The first-order chi connectivity index (χ1) is 18.1. The minimum atomic E-state index is -2.52. The highest BCUT2D eigenvalue weighted by Gasteiger charge is 2.67. The molecule has 0 aromatic carbocycles. The molecule has 0 unspecified atom stereocenters. The van der Waals surface area contributed by atoms with Crippen LogP contribution in [0.2, 0.25) is 0 Å². The van der Waals surface area contributed by atoms with E-state index in [2.05, 4.69) is 15.0 Å². The Hall–Kier alpha value is -3.25. The highest BCUT2D eigenvalue weighted by atomic mass is 16.7. The lowest BCUT2D eigenvalue weighted by molar-refractivity contribution is -0.396. The number of carbonyl (C=O) groups is 2. The second kappa shape index (κ2) is 9.81. The standard InChI is InChI=1S/C22H27N5O11/c1-3-8(5-28)20(31)37-16-12(29)15(21(32)34-2)36-10-4-9-14(38-22(10,16)33)13(30)19(35-9)27-7-26-11-17(23)24-6-25-18(11)27/h3,6-7,9-10,12-16,19,28-30,33H,4-5H2,1-2H3,(H2,23,24,25)/b8-3+/t9-,10-,12+,13+,14-,15-,16-,19+,22-/m0/s1. The summed E-state index contributed by atoms with van der Waals surface area (Å²) in [4.78, 5) is 37.2. The zero-order valence-corrected chi connectivity index (χ0v) is 20.3. The number of methoxy groups -OCH3 is 1. The molecule has 0 radical (unpaired) electrons. The van der Waals surface area contributed by atoms with Gasteiger partial charge in [-0.2, -0.15) is 0 Å². The predicted octanol–water partition coefficient (Wildman–Crippen LogP) is -2.70.